The molecule has 2 heteroatoms. The van der Waals surface area contributed by atoms with Crippen LogP contribution >= 0.6 is 0 Å². The highest BCUT2D eigenvalue weighted by Crippen LogP contribution is 2.08. The highest BCUT2D eigenvalue weighted by atomic mass is 16.5. The van der Waals surface area contributed by atoms with Crippen LogP contribution in [-0.4, -0.2) is 37.2 Å². The summed E-state index contributed by atoms with van der Waals surface area (Å²) in [6.45, 7) is 8.58. The predicted molar refractivity (Wildman–Crippen MR) is 42.1 cm³/mol. The smallest absolute Gasteiger partial charge is 0.0622 e. The van der Waals surface area contributed by atoms with E-state index >= 15 is 0 Å². The molecule has 1 unspecified atom stereocenters. The lowest BCUT2D eigenvalue weighted by Gasteiger charge is -2.33. The summed E-state index contributed by atoms with van der Waals surface area (Å²) in [5.41, 5.74) is 0. The molecule has 0 radical (unpaired) electrons. The van der Waals surface area contributed by atoms with Crippen LogP contribution in [0, 0.1) is 0 Å². The Balaban J connectivity index is 2.34. The van der Waals surface area contributed by atoms with Crippen molar-refractivity contribution in [1.82, 2.24) is 4.90 Å². The molecule has 0 aromatic rings. The van der Waals surface area contributed by atoms with Crippen LogP contribution in [0.2, 0.25) is 0 Å². The van der Waals surface area contributed by atoms with Gasteiger partial charge >= 0.3 is 0 Å². The van der Waals surface area contributed by atoms with Crippen LogP contribution in [0.25, 0.3) is 0 Å². The molecule has 0 aliphatic carbocycles. The highest BCUT2D eigenvalue weighted by Gasteiger charge is 2.18. The summed E-state index contributed by atoms with van der Waals surface area (Å²) < 4.78 is 5.36. The van der Waals surface area contributed by atoms with Crippen molar-refractivity contribution in [3.05, 3.63) is 0 Å². The van der Waals surface area contributed by atoms with Gasteiger partial charge in [0.25, 0.3) is 0 Å². The van der Waals surface area contributed by atoms with E-state index in [0.717, 1.165) is 19.8 Å². The Bertz CT molecular complexity index is 83.3. The van der Waals surface area contributed by atoms with Gasteiger partial charge in [0.1, 0.15) is 0 Å². The van der Waals surface area contributed by atoms with E-state index in [1.165, 1.54) is 13.0 Å². The first-order chi connectivity index (χ1) is 4.88. The molecule has 0 aromatic carbocycles. The van der Waals surface area contributed by atoms with Gasteiger partial charge in [0.05, 0.1) is 13.2 Å². The molecule has 1 fully saturated rings. The molecule has 0 aromatic heterocycles. The van der Waals surface area contributed by atoms with E-state index in [1.54, 1.807) is 0 Å². The van der Waals surface area contributed by atoms with E-state index in [9.17, 15) is 0 Å². The third-order valence-electron chi connectivity index (χ3n) is 2.23. The Labute approximate surface area is 63.2 Å². The van der Waals surface area contributed by atoms with Crippen LogP contribution in [0.15, 0.2) is 0 Å². The second kappa shape index (κ2) is 3.94. The van der Waals surface area contributed by atoms with Crippen molar-refractivity contribution in [1.29, 1.82) is 0 Å². The van der Waals surface area contributed by atoms with Crippen molar-refractivity contribution in [2.75, 3.05) is 26.3 Å². The Morgan fingerprint density at radius 1 is 1.50 bits per heavy atom. The maximum atomic E-state index is 5.36. The second-order valence-electron chi connectivity index (χ2n) is 2.77. The molecule has 1 saturated heterocycles. The van der Waals surface area contributed by atoms with Gasteiger partial charge in [-0.15, -0.1) is 0 Å². The first-order valence-electron chi connectivity index (χ1n) is 4.20. The van der Waals surface area contributed by atoms with Gasteiger partial charge in [-0.3, -0.25) is 4.90 Å². The van der Waals surface area contributed by atoms with Gasteiger partial charge in [0, 0.05) is 12.6 Å². The minimum Gasteiger partial charge on any atom is -0.378 e. The normalized spacial score (nSPS) is 28.8. The quantitative estimate of drug-likeness (QED) is 0.574. The van der Waals surface area contributed by atoms with Gasteiger partial charge in [0.15, 0.2) is 0 Å². The number of hydrogen-bond acceptors (Lipinski definition) is 2. The average molecular weight is 143 g/mol. The van der Waals surface area contributed by atoms with Crippen LogP contribution < -0.4 is 0 Å². The SMILES string of the molecule is CCC1COCCN1CC. The molecule has 0 bridgehead atoms. The summed E-state index contributed by atoms with van der Waals surface area (Å²) in [7, 11) is 0. The number of likely N-dealkylation sites (N-methyl/N-ethyl adjacent to an activating group) is 1. The predicted octanol–water partition coefficient (Wildman–Crippen LogP) is 1.12. The zero-order valence-electron chi connectivity index (χ0n) is 6.97. The molecule has 2 nitrogen and oxygen atoms in total. The van der Waals surface area contributed by atoms with Crippen molar-refractivity contribution in [2.45, 2.75) is 26.3 Å². The largest absolute Gasteiger partial charge is 0.378 e. The minimum atomic E-state index is 0.679. The minimum absolute atomic E-state index is 0.679. The lowest BCUT2D eigenvalue weighted by molar-refractivity contribution is -0.00586. The van der Waals surface area contributed by atoms with Crippen molar-refractivity contribution in [3.63, 3.8) is 0 Å². The molecule has 0 spiro atoms. The lowest BCUT2D eigenvalue weighted by atomic mass is 10.2. The van der Waals surface area contributed by atoms with Gasteiger partial charge < -0.3 is 4.74 Å². The van der Waals surface area contributed by atoms with Crippen molar-refractivity contribution in [3.8, 4) is 0 Å². The van der Waals surface area contributed by atoms with E-state index < -0.39 is 0 Å². The van der Waals surface area contributed by atoms with Crippen LogP contribution in [-0.2, 0) is 4.74 Å². The molecule has 0 amide bonds. The third-order valence-corrected chi connectivity index (χ3v) is 2.23. The molecule has 10 heavy (non-hydrogen) atoms. The number of hydrogen-bond donors (Lipinski definition) is 0. The second-order valence-corrected chi connectivity index (χ2v) is 2.77. The lowest BCUT2D eigenvalue weighted by Crippen LogP contribution is -2.44. The third kappa shape index (κ3) is 1.70. The molecule has 1 aliphatic heterocycles. The molecule has 60 valence electrons. The zero-order chi connectivity index (χ0) is 7.40. The summed E-state index contributed by atoms with van der Waals surface area (Å²) in [5, 5.41) is 0. The maximum Gasteiger partial charge on any atom is 0.0622 e. The van der Waals surface area contributed by atoms with Gasteiger partial charge in [-0.25, -0.2) is 0 Å². The Morgan fingerprint density at radius 3 is 2.80 bits per heavy atom. The number of morpholine rings is 1. The average Bonchev–Trinajstić information content (AvgIpc) is 2.04. The van der Waals surface area contributed by atoms with E-state index in [2.05, 4.69) is 18.7 Å². The first kappa shape index (κ1) is 8.02. The molecule has 1 aliphatic rings. The fourth-order valence-corrected chi connectivity index (χ4v) is 1.48. The fourth-order valence-electron chi connectivity index (χ4n) is 1.48. The molecular formula is C8H17NO. The summed E-state index contributed by atoms with van der Waals surface area (Å²) >= 11 is 0. The molecule has 1 rings (SSSR count). The Morgan fingerprint density at radius 2 is 2.30 bits per heavy atom. The topological polar surface area (TPSA) is 12.5 Å². The van der Waals surface area contributed by atoms with E-state index in [0.29, 0.717) is 6.04 Å². The van der Waals surface area contributed by atoms with Gasteiger partial charge in [-0.05, 0) is 13.0 Å². The van der Waals surface area contributed by atoms with Crippen LogP contribution in [0.5, 0.6) is 0 Å². The zero-order valence-corrected chi connectivity index (χ0v) is 6.97. The van der Waals surface area contributed by atoms with Gasteiger partial charge in [-0.1, -0.05) is 13.8 Å². The number of ether oxygens (including phenoxy) is 1. The molecular weight excluding hydrogens is 126 g/mol. The number of nitrogens with zero attached hydrogens (tertiary/aromatic N) is 1. The van der Waals surface area contributed by atoms with Gasteiger partial charge in [0.2, 0.25) is 0 Å². The van der Waals surface area contributed by atoms with Crippen LogP contribution in [0.4, 0.5) is 0 Å². The standard InChI is InChI=1S/C8H17NO/c1-3-8-7-10-6-5-9(8)4-2/h8H,3-7H2,1-2H3. The first-order valence-corrected chi connectivity index (χ1v) is 4.20. The van der Waals surface area contributed by atoms with Crippen molar-refractivity contribution < 1.29 is 4.74 Å². The summed E-state index contributed by atoms with van der Waals surface area (Å²) in [6, 6.07) is 0.679. The number of rotatable bonds is 2. The van der Waals surface area contributed by atoms with E-state index in [-0.39, 0.29) is 0 Å². The van der Waals surface area contributed by atoms with Gasteiger partial charge in [-0.2, -0.15) is 0 Å². The molecule has 1 heterocycles. The molecule has 0 saturated carbocycles. The summed E-state index contributed by atoms with van der Waals surface area (Å²) in [5.74, 6) is 0. The molecule has 0 N–H and O–H groups in total. The summed E-state index contributed by atoms with van der Waals surface area (Å²) in [6.07, 6.45) is 1.22. The van der Waals surface area contributed by atoms with E-state index in [1.807, 2.05) is 0 Å². The van der Waals surface area contributed by atoms with Crippen LogP contribution in [0.3, 0.4) is 0 Å². The Kier molecular flexibility index (Phi) is 3.16. The molecule has 1 atom stereocenters. The van der Waals surface area contributed by atoms with Crippen molar-refractivity contribution in [2.24, 2.45) is 0 Å². The highest BCUT2D eigenvalue weighted by molar-refractivity contribution is 4.72. The summed E-state index contributed by atoms with van der Waals surface area (Å²) in [4.78, 5) is 2.49. The van der Waals surface area contributed by atoms with Crippen LogP contribution in [0.1, 0.15) is 20.3 Å². The fraction of sp³-hybridized carbons (Fsp3) is 1.00. The Hall–Kier alpha value is -0.0800. The van der Waals surface area contributed by atoms with E-state index in [4.69, 9.17) is 4.74 Å². The maximum absolute atomic E-state index is 5.36. The monoisotopic (exact) mass is 143 g/mol. The van der Waals surface area contributed by atoms with Crippen molar-refractivity contribution >= 4 is 0 Å².